The number of ether oxygens (including phenoxy) is 1. The number of carbonyl (C=O) groups is 3. The molecule has 10 heteroatoms. The van der Waals surface area contributed by atoms with Crippen LogP contribution in [0.25, 0.3) is 0 Å². The van der Waals surface area contributed by atoms with E-state index >= 15 is 0 Å². The number of carbonyl (C=O) groups excluding carboxylic acids is 3. The summed E-state index contributed by atoms with van der Waals surface area (Å²) in [7, 11) is 0. The smallest absolute Gasteiger partial charge is 0.411 e. The summed E-state index contributed by atoms with van der Waals surface area (Å²) < 4.78 is 5.49. The summed E-state index contributed by atoms with van der Waals surface area (Å²) in [5.74, 6) is -0.416. The van der Waals surface area contributed by atoms with Crippen LogP contribution in [0.2, 0.25) is 10.0 Å². The van der Waals surface area contributed by atoms with Gasteiger partial charge in [0.05, 0.1) is 29.2 Å². The van der Waals surface area contributed by atoms with E-state index in [1.54, 1.807) is 35.2 Å². The van der Waals surface area contributed by atoms with Gasteiger partial charge in [0.2, 0.25) is 11.8 Å². The number of benzene rings is 2. The minimum absolute atomic E-state index is 0.0682. The summed E-state index contributed by atoms with van der Waals surface area (Å²) in [5.41, 5.74) is 6.73. The molecule has 0 saturated carbocycles. The van der Waals surface area contributed by atoms with Crippen molar-refractivity contribution in [2.24, 2.45) is 5.73 Å². The molecule has 3 amide bonds. The van der Waals surface area contributed by atoms with Crippen molar-refractivity contribution < 1.29 is 19.1 Å². The number of aryl methyl sites for hydroxylation is 1. The van der Waals surface area contributed by atoms with Crippen LogP contribution in [0.4, 0.5) is 10.5 Å². The molecule has 1 fully saturated rings. The molecule has 0 atom stereocenters. The molecule has 2 aromatic rings. The van der Waals surface area contributed by atoms with Crippen LogP contribution in [0.5, 0.6) is 0 Å². The fourth-order valence-corrected chi connectivity index (χ4v) is 4.33. The maximum absolute atomic E-state index is 12.9. The van der Waals surface area contributed by atoms with Crippen LogP contribution in [0.1, 0.15) is 24.0 Å². The highest BCUT2D eigenvalue weighted by Crippen LogP contribution is 2.26. The molecule has 2 aromatic carbocycles. The molecule has 0 aromatic heterocycles. The first-order valence-corrected chi connectivity index (χ1v) is 11.7. The molecule has 0 aliphatic carbocycles. The Morgan fingerprint density at radius 3 is 2.44 bits per heavy atom. The summed E-state index contributed by atoms with van der Waals surface area (Å²) in [6.45, 7) is 2.52. The normalized spacial score (nSPS) is 14.9. The summed E-state index contributed by atoms with van der Waals surface area (Å²) in [6.07, 6.45) is 0.209. The number of likely N-dealkylation sites (tertiary alicyclic amines) is 1. The van der Waals surface area contributed by atoms with Gasteiger partial charge in [0.25, 0.3) is 0 Å². The lowest BCUT2D eigenvalue weighted by molar-refractivity contribution is -0.132. The Morgan fingerprint density at radius 1 is 1.09 bits per heavy atom. The number of nitrogens with zero attached hydrogens (tertiary/aromatic N) is 1. The van der Waals surface area contributed by atoms with Crippen molar-refractivity contribution in [1.29, 1.82) is 0 Å². The van der Waals surface area contributed by atoms with Gasteiger partial charge in [-0.25, -0.2) is 4.79 Å². The Hall–Kier alpha value is -2.81. The van der Waals surface area contributed by atoms with Gasteiger partial charge in [0.15, 0.2) is 0 Å². The molecule has 1 saturated heterocycles. The third kappa shape index (κ3) is 6.85. The van der Waals surface area contributed by atoms with Crippen LogP contribution in [-0.2, 0) is 20.7 Å². The molecule has 4 N–H and O–H groups in total. The Morgan fingerprint density at radius 2 is 1.79 bits per heavy atom. The lowest BCUT2D eigenvalue weighted by Gasteiger charge is -2.41. The van der Waals surface area contributed by atoms with Crippen LogP contribution >= 0.6 is 23.2 Å². The summed E-state index contributed by atoms with van der Waals surface area (Å²) in [6, 6.07) is 12.4. The third-order valence-corrected chi connectivity index (χ3v) is 6.48. The fourth-order valence-electron chi connectivity index (χ4n) is 3.84. The zero-order valence-electron chi connectivity index (χ0n) is 18.9. The van der Waals surface area contributed by atoms with Crippen LogP contribution in [0.15, 0.2) is 42.5 Å². The van der Waals surface area contributed by atoms with Gasteiger partial charge in [0, 0.05) is 18.1 Å². The summed E-state index contributed by atoms with van der Waals surface area (Å²) in [4.78, 5) is 39.0. The first-order chi connectivity index (χ1) is 16.2. The number of hydrogen-bond acceptors (Lipinski definition) is 5. The summed E-state index contributed by atoms with van der Waals surface area (Å²) in [5, 5.41) is 6.55. The second kappa shape index (κ2) is 11.6. The standard InChI is InChI=1S/C24H28Cl2N4O4/c1-16-6-7-20(19(26)12-16)28-23(33)34-15-24(8-10-30(11-9-24)22(32)14-27)29-21(31)13-17-4-2-3-5-18(17)25/h2-7,12H,8-11,13-15,27H2,1H3,(H,28,33)(H,29,31). The Labute approximate surface area is 208 Å². The fraction of sp³-hybridized carbons (Fsp3) is 0.375. The minimum Gasteiger partial charge on any atom is -0.447 e. The number of anilines is 1. The predicted molar refractivity (Wildman–Crippen MR) is 132 cm³/mol. The predicted octanol–water partition coefficient (Wildman–Crippen LogP) is 3.53. The zero-order valence-corrected chi connectivity index (χ0v) is 20.4. The van der Waals surface area contributed by atoms with E-state index in [-0.39, 0.29) is 31.4 Å². The second-order valence-electron chi connectivity index (χ2n) is 8.37. The molecule has 0 spiro atoms. The highest BCUT2D eigenvalue weighted by Gasteiger charge is 2.38. The molecule has 1 aliphatic heterocycles. The van der Waals surface area contributed by atoms with Gasteiger partial charge in [-0.1, -0.05) is 47.5 Å². The quantitative estimate of drug-likeness (QED) is 0.531. The number of halogens is 2. The number of rotatable bonds is 7. The van der Waals surface area contributed by atoms with Crippen molar-refractivity contribution in [3.05, 3.63) is 63.6 Å². The van der Waals surface area contributed by atoms with E-state index in [9.17, 15) is 14.4 Å². The molecule has 0 radical (unpaired) electrons. The molecule has 0 unspecified atom stereocenters. The van der Waals surface area contributed by atoms with Gasteiger partial charge < -0.3 is 20.7 Å². The third-order valence-electron chi connectivity index (χ3n) is 5.80. The van der Waals surface area contributed by atoms with E-state index in [4.69, 9.17) is 33.7 Å². The van der Waals surface area contributed by atoms with E-state index in [0.717, 1.165) is 5.56 Å². The minimum atomic E-state index is -0.835. The lowest BCUT2D eigenvalue weighted by atomic mass is 9.87. The maximum atomic E-state index is 12.9. The molecular weight excluding hydrogens is 479 g/mol. The molecule has 1 heterocycles. The summed E-state index contributed by atoms with van der Waals surface area (Å²) >= 11 is 12.4. The molecule has 1 aliphatic rings. The van der Waals surface area contributed by atoms with Crippen LogP contribution in [0, 0.1) is 6.92 Å². The molecule has 34 heavy (non-hydrogen) atoms. The van der Waals surface area contributed by atoms with Crippen LogP contribution in [-0.4, -0.2) is 54.6 Å². The van der Waals surface area contributed by atoms with E-state index in [0.29, 0.717) is 47.2 Å². The van der Waals surface area contributed by atoms with Gasteiger partial charge in [-0.05, 0) is 49.1 Å². The molecule has 0 bridgehead atoms. The average molecular weight is 507 g/mol. The van der Waals surface area contributed by atoms with Crippen molar-refractivity contribution >= 4 is 46.8 Å². The number of amides is 3. The Balaban J connectivity index is 1.67. The van der Waals surface area contributed by atoms with Gasteiger partial charge in [-0.3, -0.25) is 14.9 Å². The van der Waals surface area contributed by atoms with Crippen molar-refractivity contribution in [1.82, 2.24) is 10.2 Å². The highest BCUT2D eigenvalue weighted by molar-refractivity contribution is 6.33. The van der Waals surface area contributed by atoms with Crippen LogP contribution < -0.4 is 16.4 Å². The first kappa shape index (κ1) is 25.8. The molecule has 3 rings (SSSR count). The lowest BCUT2D eigenvalue weighted by Crippen LogP contribution is -2.59. The number of nitrogens with two attached hydrogens (primary N) is 1. The van der Waals surface area contributed by atoms with Gasteiger partial charge >= 0.3 is 6.09 Å². The zero-order chi connectivity index (χ0) is 24.7. The van der Waals surface area contributed by atoms with Crippen molar-refractivity contribution in [3.8, 4) is 0 Å². The van der Waals surface area contributed by atoms with Gasteiger partial charge in [-0.15, -0.1) is 0 Å². The van der Waals surface area contributed by atoms with E-state index in [1.165, 1.54) is 0 Å². The molecular formula is C24H28Cl2N4O4. The second-order valence-corrected chi connectivity index (χ2v) is 9.18. The highest BCUT2D eigenvalue weighted by atomic mass is 35.5. The SMILES string of the molecule is Cc1ccc(NC(=O)OCC2(NC(=O)Cc3ccccc3Cl)CCN(C(=O)CN)CC2)c(Cl)c1. The number of hydrogen-bond donors (Lipinski definition) is 3. The van der Waals surface area contributed by atoms with Gasteiger partial charge in [0.1, 0.15) is 6.61 Å². The maximum Gasteiger partial charge on any atom is 0.411 e. The topological polar surface area (TPSA) is 114 Å². The monoisotopic (exact) mass is 506 g/mol. The van der Waals surface area contributed by atoms with Crippen molar-refractivity contribution in [2.45, 2.75) is 31.7 Å². The number of nitrogens with one attached hydrogen (secondary N) is 2. The van der Waals surface area contributed by atoms with E-state index in [1.807, 2.05) is 19.1 Å². The first-order valence-electron chi connectivity index (χ1n) is 10.9. The average Bonchev–Trinajstić information content (AvgIpc) is 2.81. The van der Waals surface area contributed by atoms with Crippen molar-refractivity contribution in [2.75, 3.05) is 31.6 Å². The molecule has 182 valence electrons. The Kier molecular flexibility index (Phi) is 8.77. The van der Waals surface area contributed by atoms with E-state index in [2.05, 4.69) is 10.6 Å². The largest absolute Gasteiger partial charge is 0.447 e. The van der Waals surface area contributed by atoms with Crippen molar-refractivity contribution in [3.63, 3.8) is 0 Å². The number of piperidine rings is 1. The van der Waals surface area contributed by atoms with Gasteiger partial charge in [-0.2, -0.15) is 0 Å². The molecule has 8 nitrogen and oxygen atoms in total. The van der Waals surface area contributed by atoms with Crippen LogP contribution in [0.3, 0.4) is 0 Å². The Bertz CT molecular complexity index is 1060. The van der Waals surface area contributed by atoms with E-state index < -0.39 is 11.6 Å².